The van der Waals surface area contributed by atoms with E-state index in [-0.39, 0.29) is 5.92 Å². The summed E-state index contributed by atoms with van der Waals surface area (Å²) in [5.74, 6) is 1.75. The minimum absolute atomic E-state index is 0.206. The monoisotopic (exact) mass is 367 g/mol. The van der Waals surface area contributed by atoms with Crippen molar-refractivity contribution in [2.75, 3.05) is 0 Å². The quantitative estimate of drug-likeness (QED) is 0.345. The maximum atomic E-state index is 9.72. The predicted octanol–water partition coefficient (Wildman–Crippen LogP) is 7.88. The van der Waals surface area contributed by atoms with E-state index in [1.165, 1.54) is 94.6 Å². The zero-order valence-corrected chi connectivity index (χ0v) is 17.9. The van der Waals surface area contributed by atoms with Crippen molar-refractivity contribution in [2.24, 2.45) is 17.8 Å². The highest BCUT2D eigenvalue weighted by Gasteiger charge is 2.27. The molecule has 1 aromatic rings. The van der Waals surface area contributed by atoms with Crippen LogP contribution in [0.3, 0.4) is 0 Å². The number of nitriles is 1. The van der Waals surface area contributed by atoms with Crippen LogP contribution in [0.1, 0.15) is 102 Å². The first kappa shape index (κ1) is 22.0. The van der Waals surface area contributed by atoms with Crippen molar-refractivity contribution in [3.8, 4) is 6.07 Å². The van der Waals surface area contributed by atoms with Gasteiger partial charge in [0, 0.05) is 0 Å². The fourth-order valence-corrected chi connectivity index (χ4v) is 4.81. The maximum Gasteiger partial charge on any atom is 0.0662 e. The molecule has 1 nitrogen and oxygen atoms in total. The van der Waals surface area contributed by atoms with Crippen molar-refractivity contribution in [2.45, 2.75) is 104 Å². The lowest BCUT2D eigenvalue weighted by molar-refractivity contribution is 0.223. The summed E-state index contributed by atoms with van der Waals surface area (Å²) in [5.41, 5.74) is 2.81. The number of unbranched alkanes of at least 4 members (excludes halogenated alkanes) is 5. The van der Waals surface area contributed by atoms with Crippen molar-refractivity contribution in [1.82, 2.24) is 0 Å². The van der Waals surface area contributed by atoms with E-state index in [2.05, 4.69) is 44.2 Å². The number of benzene rings is 1. The smallest absolute Gasteiger partial charge is 0.0662 e. The summed E-state index contributed by atoms with van der Waals surface area (Å²) in [6.45, 7) is 4.57. The van der Waals surface area contributed by atoms with Crippen LogP contribution in [-0.4, -0.2) is 0 Å². The van der Waals surface area contributed by atoms with Crippen LogP contribution >= 0.6 is 0 Å². The third-order valence-corrected chi connectivity index (χ3v) is 6.62. The second kappa shape index (κ2) is 13.0. The van der Waals surface area contributed by atoms with Crippen LogP contribution in [0.15, 0.2) is 24.3 Å². The van der Waals surface area contributed by atoms with Crippen molar-refractivity contribution < 1.29 is 0 Å². The fraction of sp³-hybridized carbons (Fsp3) is 0.731. The molecule has 0 aromatic heterocycles. The molecule has 0 radical (unpaired) electrons. The Hall–Kier alpha value is -1.29. The van der Waals surface area contributed by atoms with Gasteiger partial charge in [0.15, 0.2) is 0 Å². The Morgan fingerprint density at radius 3 is 2.11 bits per heavy atom. The number of hydrogen-bond acceptors (Lipinski definition) is 1. The molecular formula is C26H41N. The highest BCUT2D eigenvalue weighted by molar-refractivity contribution is 5.24. The summed E-state index contributed by atoms with van der Waals surface area (Å²) in [6.07, 6.45) is 18.2. The molecule has 0 aliphatic heterocycles. The molecule has 0 heterocycles. The van der Waals surface area contributed by atoms with Gasteiger partial charge in [0.05, 0.1) is 12.0 Å². The molecule has 27 heavy (non-hydrogen) atoms. The lowest BCUT2D eigenvalue weighted by atomic mass is 9.73. The molecule has 1 aromatic carbocycles. The average Bonchev–Trinajstić information content (AvgIpc) is 2.71. The second-order valence-electron chi connectivity index (χ2n) is 8.84. The summed E-state index contributed by atoms with van der Waals surface area (Å²) >= 11 is 0. The average molecular weight is 368 g/mol. The molecule has 0 bridgehead atoms. The normalized spacial score (nSPS) is 20.9. The molecule has 1 atom stereocenters. The van der Waals surface area contributed by atoms with Gasteiger partial charge in [-0.15, -0.1) is 0 Å². The first-order valence-corrected chi connectivity index (χ1v) is 11.7. The van der Waals surface area contributed by atoms with Gasteiger partial charge in [-0.05, 0) is 55.1 Å². The zero-order chi connectivity index (χ0) is 19.3. The third-order valence-electron chi connectivity index (χ3n) is 6.62. The molecule has 0 saturated heterocycles. The van der Waals surface area contributed by atoms with E-state index in [1.807, 2.05) is 0 Å². The number of nitrogens with zero attached hydrogens (tertiary/aromatic N) is 1. The molecule has 0 amide bonds. The predicted molar refractivity (Wildman–Crippen MR) is 117 cm³/mol. The van der Waals surface area contributed by atoms with Gasteiger partial charge in [-0.3, -0.25) is 0 Å². The molecule has 1 aliphatic carbocycles. The van der Waals surface area contributed by atoms with Crippen LogP contribution in [0, 0.1) is 29.1 Å². The standard InChI is InChI=1S/C26H41N/c1-3-5-6-7-8-9-11-23-12-14-24(15-13-23)20-26(21-27)25-18-16-22(10-4-2)17-19-25/h12-15,22,25-26H,3-11,16-20H2,1-2H3/t22-,25-,26?. The Balaban J connectivity index is 1.73. The topological polar surface area (TPSA) is 23.8 Å². The largest absolute Gasteiger partial charge is 0.198 e. The van der Waals surface area contributed by atoms with Crippen molar-refractivity contribution in [3.63, 3.8) is 0 Å². The third kappa shape index (κ3) is 8.08. The Labute approximate surface area is 168 Å². The van der Waals surface area contributed by atoms with Crippen LogP contribution in [0.5, 0.6) is 0 Å². The fourth-order valence-electron chi connectivity index (χ4n) is 4.81. The van der Waals surface area contributed by atoms with Crippen LogP contribution in [-0.2, 0) is 12.8 Å². The highest BCUT2D eigenvalue weighted by atomic mass is 14.4. The molecule has 1 heteroatoms. The van der Waals surface area contributed by atoms with E-state index in [0.29, 0.717) is 5.92 Å². The first-order chi connectivity index (χ1) is 13.3. The molecule has 1 aliphatic rings. The van der Waals surface area contributed by atoms with Gasteiger partial charge in [-0.25, -0.2) is 0 Å². The van der Waals surface area contributed by atoms with Crippen LogP contribution in [0.2, 0.25) is 0 Å². The SMILES string of the molecule is CCCCCCCCc1ccc(CC(C#N)[C@H]2CC[C@H](CCC)CC2)cc1. The summed E-state index contributed by atoms with van der Waals surface area (Å²) < 4.78 is 0. The molecule has 0 spiro atoms. The minimum Gasteiger partial charge on any atom is -0.198 e. The Bertz CT molecular complexity index is 530. The van der Waals surface area contributed by atoms with Crippen molar-refractivity contribution in [3.05, 3.63) is 35.4 Å². The first-order valence-electron chi connectivity index (χ1n) is 11.7. The van der Waals surface area contributed by atoms with Crippen LogP contribution in [0.4, 0.5) is 0 Å². The zero-order valence-electron chi connectivity index (χ0n) is 17.9. The molecule has 1 unspecified atom stereocenters. The Morgan fingerprint density at radius 2 is 1.48 bits per heavy atom. The number of hydrogen-bond donors (Lipinski definition) is 0. The van der Waals surface area contributed by atoms with E-state index in [9.17, 15) is 5.26 Å². The lowest BCUT2D eigenvalue weighted by Crippen LogP contribution is -2.22. The van der Waals surface area contributed by atoms with Gasteiger partial charge < -0.3 is 0 Å². The lowest BCUT2D eigenvalue weighted by Gasteiger charge is -2.31. The van der Waals surface area contributed by atoms with Crippen LogP contribution in [0.25, 0.3) is 0 Å². The summed E-state index contributed by atoms with van der Waals surface area (Å²) in [7, 11) is 0. The van der Waals surface area contributed by atoms with Gasteiger partial charge in [-0.2, -0.15) is 5.26 Å². The van der Waals surface area contributed by atoms with E-state index in [0.717, 1.165) is 12.3 Å². The molecular weight excluding hydrogens is 326 g/mol. The highest BCUT2D eigenvalue weighted by Crippen LogP contribution is 2.36. The molecule has 1 fully saturated rings. The Kier molecular flexibility index (Phi) is 10.6. The van der Waals surface area contributed by atoms with Crippen LogP contribution < -0.4 is 0 Å². The number of rotatable bonds is 12. The van der Waals surface area contributed by atoms with E-state index < -0.39 is 0 Å². The van der Waals surface area contributed by atoms with Gasteiger partial charge in [0.25, 0.3) is 0 Å². The second-order valence-corrected chi connectivity index (χ2v) is 8.84. The maximum absolute atomic E-state index is 9.72. The van der Waals surface area contributed by atoms with Gasteiger partial charge in [0.2, 0.25) is 0 Å². The van der Waals surface area contributed by atoms with Crippen molar-refractivity contribution >= 4 is 0 Å². The summed E-state index contributed by atoms with van der Waals surface area (Å²) in [6, 6.07) is 11.8. The molecule has 150 valence electrons. The summed E-state index contributed by atoms with van der Waals surface area (Å²) in [5, 5.41) is 9.72. The Morgan fingerprint density at radius 1 is 0.852 bits per heavy atom. The number of aryl methyl sites for hydroxylation is 1. The molecule has 0 N–H and O–H groups in total. The van der Waals surface area contributed by atoms with E-state index in [4.69, 9.17) is 0 Å². The van der Waals surface area contributed by atoms with Gasteiger partial charge >= 0.3 is 0 Å². The molecule has 1 saturated carbocycles. The summed E-state index contributed by atoms with van der Waals surface area (Å²) in [4.78, 5) is 0. The van der Waals surface area contributed by atoms with Gasteiger partial charge in [0.1, 0.15) is 0 Å². The van der Waals surface area contributed by atoms with E-state index >= 15 is 0 Å². The van der Waals surface area contributed by atoms with Crippen molar-refractivity contribution in [1.29, 1.82) is 5.26 Å². The van der Waals surface area contributed by atoms with Gasteiger partial charge in [-0.1, -0.05) is 95.9 Å². The minimum atomic E-state index is 0.206. The molecule has 2 rings (SSSR count). The van der Waals surface area contributed by atoms with E-state index in [1.54, 1.807) is 0 Å².